The van der Waals surface area contributed by atoms with Gasteiger partial charge < -0.3 is 9.84 Å². The van der Waals surface area contributed by atoms with Gasteiger partial charge in [-0.2, -0.15) is 0 Å². The van der Waals surface area contributed by atoms with Crippen LogP contribution in [0.1, 0.15) is 21.5 Å². The number of benzene rings is 2. The number of carbonyl (C=O) groups is 1. The Morgan fingerprint density at radius 2 is 1.89 bits per heavy atom. The van der Waals surface area contributed by atoms with Gasteiger partial charge in [-0.05, 0) is 42.3 Å². The van der Waals surface area contributed by atoms with Crippen LogP contribution < -0.4 is 4.74 Å². The summed E-state index contributed by atoms with van der Waals surface area (Å²) in [5, 5.41) is 8.88. The van der Waals surface area contributed by atoms with Crippen molar-refractivity contribution < 1.29 is 14.6 Å². The van der Waals surface area contributed by atoms with Crippen LogP contribution in [0.4, 0.5) is 0 Å². The summed E-state index contributed by atoms with van der Waals surface area (Å²) in [6.45, 7) is 2.33. The van der Waals surface area contributed by atoms with E-state index in [-0.39, 0.29) is 0 Å². The summed E-state index contributed by atoms with van der Waals surface area (Å²) in [6.07, 6.45) is 0. The molecule has 0 atom stereocenters. The maximum absolute atomic E-state index is 10.8. The second kappa shape index (κ2) is 5.36. The molecule has 2 rings (SSSR count). The molecule has 2 aromatic rings. The van der Waals surface area contributed by atoms with Gasteiger partial charge in [0.25, 0.3) is 0 Å². The van der Waals surface area contributed by atoms with Crippen molar-refractivity contribution in [2.75, 3.05) is 0 Å². The predicted octanol–water partition coefficient (Wildman–Crippen LogP) is 3.27. The van der Waals surface area contributed by atoms with E-state index in [0.717, 1.165) is 16.9 Å². The van der Waals surface area contributed by atoms with Gasteiger partial charge in [-0.3, -0.25) is 0 Å². The predicted molar refractivity (Wildman–Crippen MR) is 68.9 cm³/mol. The van der Waals surface area contributed by atoms with Crippen molar-refractivity contribution in [1.29, 1.82) is 0 Å². The number of rotatable bonds is 4. The summed E-state index contributed by atoms with van der Waals surface area (Å²) in [5.74, 6) is -0.104. The highest BCUT2D eigenvalue weighted by Crippen LogP contribution is 2.15. The Balaban J connectivity index is 2.08. The number of carboxylic acid groups (broad SMARTS) is 1. The quantitative estimate of drug-likeness (QED) is 0.895. The van der Waals surface area contributed by atoms with Crippen molar-refractivity contribution in [3.8, 4) is 5.75 Å². The number of hydrogen-bond donors (Lipinski definition) is 1. The molecule has 2 aromatic carbocycles. The standard InChI is InChI=1S/C15H14O3/c1-11-9-12(15(16)17)7-8-13(11)10-18-14-5-3-2-4-6-14/h2-9H,10H2,1H3,(H,16,17). The van der Waals surface area contributed by atoms with Gasteiger partial charge in [-0.1, -0.05) is 24.3 Å². The summed E-state index contributed by atoms with van der Waals surface area (Å²) in [4.78, 5) is 10.8. The molecule has 0 aromatic heterocycles. The molecule has 18 heavy (non-hydrogen) atoms. The number of carboxylic acids is 1. The van der Waals surface area contributed by atoms with E-state index in [9.17, 15) is 4.79 Å². The van der Waals surface area contributed by atoms with E-state index < -0.39 is 5.97 Å². The van der Waals surface area contributed by atoms with Crippen LogP contribution in [0.25, 0.3) is 0 Å². The SMILES string of the molecule is Cc1cc(C(=O)O)ccc1COc1ccccc1. The summed E-state index contributed by atoms with van der Waals surface area (Å²) < 4.78 is 5.63. The highest BCUT2D eigenvalue weighted by atomic mass is 16.5. The lowest BCUT2D eigenvalue weighted by atomic mass is 10.1. The first-order valence-electron chi connectivity index (χ1n) is 5.67. The van der Waals surface area contributed by atoms with Crippen LogP contribution in [-0.2, 0) is 6.61 Å². The minimum Gasteiger partial charge on any atom is -0.489 e. The molecule has 0 aliphatic carbocycles. The lowest BCUT2D eigenvalue weighted by Gasteiger charge is -2.09. The highest BCUT2D eigenvalue weighted by Gasteiger charge is 2.06. The fourth-order valence-electron chi connectivity index (χ4n) is 1.67. The van der Waals surface area contributed by atoms with E-state index in [1.54, 1.807) is 18.2 Å². The third-order valence-electron chi connectivity index (χ3n) is 2.73. The number of aryl methyl sites for hydroxylation is 1. The van der Waals surface area contributed by atoms with E-state index in [1.165, 1.54) is 0 Å². The van der Waals surface area contributed by atoms with E-state index in [0.29, 0.717) is 12.2 Å². The molecular formula is C15H14O3. The van der Waals surface area contributed by atoms with Crippen molar-refractivity contribution in [2.24, 2.45) is 0 Å². The molecule has 3 heteroatoms. The van der Waals surface area contributed by atoms with E-state index in [4.69, 9.17) is 9.84 Å². The van der Waals surface area contributed by atoms with Gasteiger partial charge in [-0.15, -0.1) is 0 Å². The average molecular weight is 242 g/mol. The Hall–Kier alpha value is -2.29. The van der Waals surface area contributed by atoms with E-state index in [2.05, 4.69) is 0 Å². The molecule has 0 saturated carbocycles. The Morgan fingerprint density at radius 1 is 1.17 bits per heavy atom. The van der Waals surface area contributed by atoms with Gasteiger partial charge in [0, 0.05) is 0 Å². The van der Waals surface area contributed by atoms with Crippen LogP contribution in [0, 0.1) is 6.92 Å². The average Bonchev–Trinajstić information content (AvgIpc) is 2.38. The van der Waals surface area contributed by atoms with Crippen LogP contribution >= 0.6 is 0 Å². The summed E-state index contributed by atoms with van der Waals surface area (Å²) in [5.41, 5.74) is 2.21. The largest absolute Gasteiger partial charge is 0.489 e. The zero-order valence-corrected chi connectivity index (χ0v) is 10.1. The Kier molecular flexibility index (Phi) is 3.63. The first-order chi connectivity index (χ1) is 8.66. The molecule has 3 nitrogen and oxygen atoms in total. The van der Waals surface area contributed by atoms with Gasteiger partial charge in [0.2, 0.25) is 0 Å². The third kappa shape index (κ3) is 2.88. The van der Waals surface area contributed by atoms with Crippen molar-refractivity contribution >= 4 is 5.97 Å². The van der Waals surface area contributed by atoms with Gasteiger partial charge in [-0.25, -0.2) is 4.79 Å². The molecule has 0 radical (unpaired) electrons. The number of para-hydroxylation sites is 1. The smallest absolute Gasteiger partial charge is 0.335 e. The van der Waals surface area contributed by atoms with Gasteiger partial charge in [0.05, 0.1) is 5.56 Å². The minimum atomic E-state index is -0.909. The van der Waals surface area contributed by atoms with Crippen molar-refractivity contribution in [3.05, 3.63) is 65.2 Å². The van der Waals surface area contributed by atoms with E-state index in [1.807, 2.05) is 37.3 Å². The highest BCUT2D eigenvalue weighted by molar-refractivity contribution is 5.87. The second-order valence-electron chi connectivity index (χ2n) is 4.05. The molecule has 1 N–H and O–H groups in total. The maximum atomic E-state index is 10.8. The van der Waals surface area contributed by atoms with Gasteiger partial charge in [0.1, 0.15) is 12.4 Å². The molecule has 0 aliphatic rings. The van der Waals surface area contributed by atoms with Crippen molar-refractivity contribution in [3.63, 3.8) is 0 Å². The minimum absolute atomic E-state index is 0.302. The zero-order chi connectivity index (χ0) is 13.0. The maximum Gasteiger partial charge on any atom is 0.335 e. The van der Waals surface area contributed by atoms with Gasteiger partial charge >= 0.3 is 5.97 Å². The molecule has 0 spiro atoms. The second-order valence-corrected chi connectivity index (χ2v) is 4.05. The first-order valence-corrected chi connectivity index (χ1v) is 5.67. The molecule has 0 fully saturated rings. The topological polar surface area (TPSA) is 46.5 Å². The molecule has 0 bridgehead atoms. The van der Waals surface area contributed by atoms with Gasteiger partial charge in [0.15, 0.2) is 0 Å². The van der Waals surface area contributed by atoms with Crippen molar-refractivity contribution in [1.82, 2.24) is 0 Å². The molecular weight excluding hydrogens is 228 g/mol. The third-order valence-corrected chi connectivity index (χ3v) is 2.73. The zero-order valence-electron chi connectivity index (χ0n) is 10.1. The fraction of sp³-hybridized carbons (Fsp3) is 0.133. The Labute approximate surface area is 106 Å². The molecule has 0 heterocycles. The monoisotopic (exact) mass is 242 g/mol. The lowest BCUT2D eigenvalue weighted by Crippen LogP contribution is -2.01. The molecule has 0 saturated heterocycles. The lowest BCUT2D eigenvalue weighted by molar-refractivity contribution is 0.0696. The fourth-order valence-corrected chi connectivity index (χ4v) is 1.67. The summed E-state index contributed by atoms with van der Waals surface area (Å²) in [7, 11) is 0. The molecule has 92 valence electrons. The number of hydrogen-bond acceptors (Lipinski definition) is 2. The Morgan fingerprint density at radius 3 is 2.50 bits per heavy atom. The van der Waals surface area contributed by atoms with E-state index >= 15 is 0 Å². The summed E-state index contributed by atoms with van der Waals surface area (Å²) in [6, 6.07) is 14.6. The molecule has 0 aliphatic heterocycles. The number of ether oxygens (including phenoxy) is 1. The van der Waals surface area contributed by atoms with Crippen LogP contribution in [0.5, 0.6) is 5.75 Å². The van der Waals surface area contributed by atoms with Crippen LogP contribution in [0.3, 0.4) is 0 Å². The van der Waals surface area contributed by atoms with Crippen LogP contribution in [0.15, 0.2) is 48.5 Å². The Bertz CT molecular complexity index is 547. The number of aromatic carboxylic acids is 1. The normalized spacial score (nSPS) is 10.1. The molecule has 0 unspecified atom stereocenters. The van der Waals surface area contributed by atoms with Crippen LogP contribution in [-0.4, -0.2) is 11.1 Å². The summed E-state index contributed by atoms with van der Waals surface area (Å²) >= 11 is 0. The molecule has 0 amide bonds. The van der Waals surface area contributed by atoms with Crippen molar-refractivity contribution in [2.45, 2.75) is 13.5 Å². The first kappa shape index (κ1) is 12.2. The van der Waals surface area contributed by atoms with Crippen LogP contribution in [0.2, 0.25) is 0 Å².